The molecule has 1 aliphatic rings. The Labute approximate surface area is 147 Å². The summed E-state index contributed by atoms with van der Waals surface area (Å²) >= 11 is 0. The molecule has 0 radical (unpaired) electrons. The standard InChI is InChI=1S/C18H25N5O2/c1-13(2)23-11-16(20-21-23)18(25)7-4-8-22(12-18)10-14-5-3-6-15(9-14)17(19)24/h3,5-6,9,11,13,25H,4,7-8,10,12H2,1-2H3,(H2,19,24). The van der Waals surface area contributed by atoms with Crippen LogP contribution in [0.5, 0.6) is 0 Å². The summed E-state index contributed by atoms with van der Waals surface area (Å²) in [5, 5.41) is 19.4. The van der Waals surface area contributed by atoms with E-state index in [0.717, 1.165) is 18.5 Å². The molecule has 1 aliphatic heterocycles. The van der Waals surface area contributed by atoms with Crippen molar-refractivity contribution in [1.29, 1.82) is 0 Å². The number of rotatable bonds is 5. The second-order valence-corrected chi connectivity index (χ2v) is 7.09. The number of hydrogen-bond acceptors (Lipinski definition) is 5. The molecule has 7 nitrogen and oxygen atoms in total. The van der Waals surface area contributed by atoms with Gasteiger partial charge in [-0.3, -0.25) is 9.69 Å². The van der Waals surface area contributed by atoms with Crippen LogP contribution in [-0.4, -0.2) is 44.0 Å². The topological polar surface area (TPSA) is 97.3 Å². The lowest BCUT2D eigenvalue weighted by Gasteiger charge is -2.38. The van der Waals surface area contributed by atoms with Gasteiger partial charge in [-0.1, -0.05) is 17.3 Å². The van der Waals surface area contributed by atoms with Crippen LogP contribution in [0, 0.1) is 0 Å². The predicted molar refractivity (Wildman–Crippen MR) is 93.8 cm³/mol. The largest absolute Gasteiger partial charge is 0.382 e. The Balaban J connectivity index is 1.74. The smallest absolute Gasteiger partial charge is 0.248 e. The first kappa shape index (κ1) is 17.6. The molecule has 2 heterocycles. The number of hydrogen-bond donors (Lipinski definition) is 2. The molecule has 2 aromatic rings. The van der Waals surface area contributed by atoms with Gasteiger partial charge in [-0.2, -0.15) is 0 Å². The normalized spacial score (nSPS) is 21.6. The van der Waals surface area contributed by atoms with Crippen LogP contribution in [0.25, 0.3) is 0 Å². The van der Waals surface area contributed by atoms with E-state index >= 15 is 0 Å². The quantitative estimate of drug-likeness (QED) is 0.856. The highest BCUT2D eigenvalue weighted by Gasteiger charge is 2.37. The summed E-state index contributed by atoms with van der Waals surface area (Å²) in [4.78, 5) is 13.5. The number of β-amino-alcohol motifs (C(OH)–C–C–N with tert-alkyl or cyclic N) is 1. The lowest BCUT2D eigenvalue weighted by molar-refractivity contribution is -0.0414. The van der Waals surface area contributed by atoms with E-state index in [1.54, 1.807) is 10.7 Å². The molecular formula is C18H25N5O2. The molecule has 1 aromatic heterocycles. The highest BCUT2D eigenvalue weighted by atomic mass is 16.3. The number of piperidine rings is 1. The number of nitrogens with zero attached hydrogens (tertiary/aromatic N) is 4. The molecule has 1 aromatic carbocycles. The van der Waals surface area contributed by atoms with Gasteiger partial charge >= 0.3 is 0 Å². The van der Waals surface area contributed by atoms with Crippen LogP contribution < -0.4 is 5.73 Å². The molecule has 134 valence electrons. The highest BCUT2D eigenvalue weighted by molar-refractivity contribution is 5.92. The Morgan fingerprint density at radius 1 is 1.44 bits per heavy atom. The lowest BCUT2D eigenvalue weighted by Crippen LogP contribution is -2.46. The predicted octanol–water partition coefficient (Wildman–Crippen LogP) is 1.44. The molecule has 1 saturated heterocycles. The second-order valence-electron chi connectivity index (χ2n) is 7.09. The van der Waals surface area contributed by atoms with E-state index < -0.39 is 11.5 Å². The number of nitrogens with two attached hydrogens (primary N) is 1. The first-order chi connectivity index (χ1) is 11.9. The molecule has 1 atom stereocenters. The number of benzene rings is 1. The maximum Gasteiger partial charge on any atom is 0.248 e. The van der Waals surface area contributed by atoms with Crippen molar-refractivity contribution in [3.63, 3.8) is 0 Å². The molecule has 1 amide bonds. The van der Waals surface area contributed by atoms with Gasteiger partial charge in [0.1, 0.15) is 11.3 Å². The van der Waals surface area contributed by atoms with Crippen LogP contribution in [0.15, 0.2) is 30.5 Å². The van der Waals surface area contributed by atoms with Crippen LogP contribution in [0.4, 0.5) is 0 Å². The zero-order chi connectivity index (χ0) is 18.0. The first-order valence-corrected chi connectivity index (χ1v) is 8.63. The minimum atomic E-state index is -0.993. The van der Waals surface area contributed by atoms with Gasteiger partial charge in [0.25, 0.3) is 0 Å². The Hall–Kier alpha value is -2.25. The second kappa shape index (κ2) is 6.93. The van der Waals surface area contributed by atoms with Gasteiger partial charge < -0.3 is 10.8 Å². The van der Waals surface area contributed by atoms with Crippen molar-refractivity contribution in [1.82, 2.24) is 19.9 Å². The summed E-state index contributed by atoms with van der Waals surface area (Å²) in [5.41, 5.74) is 6.49. The molecule has 3 rings (SSSR count). The molecule has 0 spiro atoms. The third-order valence-electron chi connectivity index (χ3n) is 4.68. The third kappa shape index (κ3) is 3.88. The lowest BCUT2D eigenvalue weighted by atomic mass is 9.89. The summed E-state index contributed by atoms with van der Waals surface area (Å²) in [6, 6.07) is 7.53. The van der Waals surface area contributed by atoms with E-state index in [4.69, 9.17) is 5.73 Å². The minimum Gasteiger partial charge on any atom is -0.382 e. The Bertz CT molecular complexity index is 757. The van der Waals surface area contributed by atoms with Crippen molar-refractivity contribution in [2.24, 2.45) is 5.73 Å². The molecule has 25 heavy (non-hydrogen) atoms. The van der Waals surface area contributed by atoms with Crippen molar-refractivity contribution < 1.29 is 9.90 Å². The summed E-state index contributed by atoms with van der Waals surface area (Å²) in [6.07, 6.45) is 3.38. The SMILES string of the molecule is CC(C)n1cc(C2(O)CCCN(Cc3cccc(C(N)=O)c3)C2)nn1. The number of primary amides is 1. The van der Waals surface area contributed by atoms with Crippen LogP contribution in [-0.2, 0) is 12.1 Å². The van der Waals surface area contributed by atoms with Crippen LogP contribution in [0.3, 0.4) is 0 Å². The summed E-state index contributed by atoms with van der Waals surface area (Å²) < 4.78 is 1.77. The zero-order valence-electron chi connectivity index (χ0n) is 14.7. The number of aliphatic hydroxyl groups is 1. The van der Waals surface area contributed by atoms with Gasteiger partial charge in [0.15, 0.2) is 0 Å². The average Bonchev–Trinajstić information content (AvgIpc) is 3.06. The summed E-state index contributed by atoms with van der Waals surface area (Å²) in [6.45, 7) is 6.09. The molecule has 1 unspecified atom stereocenters. The van der Waals surface area contributed by atoms with E-state index in [2.05, 4.69) is 15.2 Å². The van der Waals surface area contributed by atoms with Crippen molar-refractivity contribution in [2.45, 2.75) is 44.9 Å². The molecule has 0 saturated carbocycles. The maximum atomic E-state index is 11.3. The molecule has 1 fully saturated rings. The number of carbonyl (C=O) groups excluding carboxylic acids is 1. The molecule has 7 heteroatoms. The molecular weight excluding hydrogens is 318 g/mol. The van der Waals surface area contributed by atoms with Gasteiger partial charge in [-0.05, 0) is 50.9 Å². The molecule has 3 N–H and O–H groups in total. The highest BCUT2D eigenvalue weighted by Crippen LogP contribution is 2.31. The van der Waals surface area contributed by atoms with E-state index in [1.165, 1.54) is 0 Å². The van der Waals surface area contributed by atoms with Gasteiger partial charge in [0.05, 0.1) is 6.20 Å². The fourth-order valence-corrected chi connectivity index (χ4v) is 3.29. The van der Waals surface area contributed by atoms with E-state index in [9.17, 15) is 9.90 Å². The summed E-state index contributed by atoms with van der Waals surface area (Å²) in [5.74, 6) is -0.428. The van der Waals surface area contributed by atoms with Crippen molar-refractivity contribution in [3.05, 3.63) is 47.3 Å². The van der Waals surface area contributed by atoms with E-state index in [0.29, 0.717) is 30.8 Å². The third-order valence-corrected chi connectivity index (χ3v) is 4.68. The summed E-state index contributed by atoms with van der Waals surface area (Å²) in [7, 11) is 0. The van der Waals surface area contributed by atoms with Crippen molar-refractivity contribution in [2.75, 3.05) is 13.1 Å². The number of amides is 1. The van der Waals surface area contributed by atoms with Gasteiger partial charge in [-0.15, -0.1) is 5.10 Å². The number of aromatic nitrogens is 3. The van der Waals surface area contributed by atoms with E-state index in [-0.39, 0.29) is 6.04 Å². The zero-order valence-corrected chi connectivity index (χ0v) is 14.7. The first-order valence-electron chi connectivity index (χ1n) is 8.63. The number of carbonyl (C=O) groups is 1. The molecule has 0 bridgehead atoms. The average molecular weight is 343 g/mol. The fourth-order valence-electron chi connectivity index (χ4n) is 3.29. The van der Waals surface area contributed by atoms with Gasteiger partial charge in [-0.25, -0.2) is 4.68 Å². The van der Waals surface area contributed by atoms with Crippen molar-refractivity contribution in [3.8, 4) is 0 Å². The minimum absolute atomic E-state index is 0.209. The number of likely N-dealkylation sites (tertiary alicyclic amines) is 1. The Morgan fingerprint density at radius 2 is 2.24 bits per heavy atom. The van der Waals surface area contributed by atoms with Crippen LogP contribution in [0.2, 0.25) is 0 Å². The Morgan fingerprint density at radius 3 is 2.92 bits per heavy atom. The van der Waals surface area contributed by atoms with Gasteiger partial charge in [0.2, 0.25) is 5.91 Å². The van der Waals surface area contributed by atoms with Crippen LogP contribution in [0.1, 0.15) is 54.3 Å². The van der Waals surface area contributed by atoms with E-state index in [1.807, 2.05) is 38.2 Å². The monoisotopic (exact) mass is 343 g/mol. The van der Waals surface area contributed by atoms with Gasteiger partial charge in [0, 0.05) is 24.7 Å². The Kier molecular flexibility index (Phi) is 4.87. The van der Waals surface area contributed by atoms with Crippen molar-refractivity contribution >= 4 is 5.91 Å². The fraction of sp³-hybridized carbons (Fsp3) is 0.500. The molecule has 0 aliphatic carbocycles. The maximum absolute atomic E-state index is 11.3. The van der Waals surface area contributed by atoms with Crippen LogP contribution >= 0.6 is 0 Å².